The number of hydrogen-bond acceptors (Lipinski definition) is 3. The van der Waals surface area contributed by atoms with Crippen LogP contribution in [0.3, 0.4) is 0 Å². The van der Waals surface area contributed by atoms with Crippen molar-refractivity contribution in [2.24, 2.45) is 4.99 Å². The van der Waals surface area contributed by atoms with Gasteiger partial charge in [-0.05, 0) is 6.07 Å². The first-order chi connectivity index (χ1) is 6.31. The summed E-state index contributed by atoms with van der Waals surface area (Å²) in [7, 11) is 1.60. The minimum atomic E-state index is -0.332. The number of nitrogens with zero attached hydrogens (tertiary/aromatic N) is 1. The summed E-state index contributed by atoms with van der Waals surface area (Å²) in [5.41, 5.74) is 1.50. The van der Waals surface area contributed by atoms with E-state index in [4.69, 9.17) is 4.74 Å². The van der Waals surface area contributed by atoms with Gasteiger partial charge < -0.3 is 4.74 Å². The summed E-state index contributed by atoms with van der Waals surface area (Å²) in [6.45, 7) is 0. The summed E-state index contributed by atoms with van der Waals surface area (Å²) in [6, 6.07) is 7.50. The number of aliphatic imine (C=N–C) groups is 1. The molecule has 0 aromatic heterocycles. The molecule has 2 rings (SSSR count). The van der Waals surface area contributed by atoms with E-state index >= 15 is 0 Å². The smallest absolute Gasteiger partial charge is 0.357 e. The second kappa shape index (κ2) is 3.01. The van der Waals surface area contributed by atoms with Crippen molar-refractivity contribution in [3.05, 3.63) is 29.8 Å². The van der Waals surface area contributed by atoms with Crippen molar-refractivity contribution < 1.29 is 9.53 Å². The molecular weight excluding hydrogens is 166 g/mol. The van der Waals surface area contributed by atoms with Gasteiger partial charge in [-0.15, -0.1) is 0 Å². The SMILES string of the molecule is CN=C1Cc2ccccc2OC1=O. The first kappa shape index (κ1) is 7.98. The van der Waals surface area contributed by atoms with Crippen LogP contribution in [0.2, 0.25) is 0 Å². The normalized spacial score (nSPS) is 18.2. The van der Waals surface area contributed by atoms with Gasteiger partial charge in [0, 0.05) is 19.0 Å². The van der Waals surface area contributed by atoms with Gasteiger partial charge in [-0.25, -0.2) is 4.79 Å². The zero-order chi connectivity index (χ0) is 9.26. The van der Waals surface area contributed by atoms with Gasteiger partial charge in [0.25, 0.3) is 0 Å². The zero-order valence-electron chi connectivity index (χ0n) is 7.28. The number of esters is 1. The Bertz CT molecular complexity index is 382. The molecule has 3 heteroatoms. The first-order valence-corrected chi connectivity index (χ1v) is 4.07. The number of hydrogen-bond donors (Lipinski definition) is 0. The quantitative estimate of drug-likeness (QED) is 0.439. The van der Waals surface area contributed by atoms with E-state index in [0.717, 1.165) is 5.56 Å². The molecule has 0 saturated heterocycles. The highest BCUT2D eigenvalue weighted by Gasteiger charge is 2.22. The van der Waals surface area contributed by atoms with Gasteiger partial charge >= 0.3 is 5.97 Å². The lowest BCUT2D eigenvalue weighted by Gasteiger charge is -2.15. The molecule has 0 saturated carbocycles. The second-order valence-corrected chi connectivity index (χ2v) is 2.84. The second-order valence-electron chi connectivity index (χ2n) is 2.84. The van der Waals surface area contributed by atoms with Crippen molar-refractivity contribution in [3.8, 4) is 5.75 Å². The van der Waals surface area contributed by atoms with E-state index in [1.54, 1.807) is 13.1 Å². The number of ether oxygens (including phenoxy) is 1. The van der Waals surface area contributed by atoms with E-state index in [1.807, 2.05) is 18.2 Å². The summed E-state index contributed by atoms with van der Waals surface area (Å²) in [4.78, 5) is 15.1. The molecule has 13 heavy (non-hydrogen) atoms. The molecule has 1 aromatic carbocycles. The van der Waals surface area contributed by atoms with Crippen molar-refractivity contribution in [1.82, 2.24) is 0 Å². The topological polar surface area (TPSA) is 38.7 Å². The molecule has 0 N–H and O–H groups in total. The molecular formula is C10H9NO2. The van der Waals surface area contributed by atoms with Gasteiger partial charge in [0.05, 0.1) is 0 Å². The predicted octanol–water partition coefficient (Wildman–Crippen LogP) is 1.22. The fraction of sp³-hybridized carbons (Fsp3) is 0.200. The van der Waals surface area contributed by atoms with Crippen molar-refractivity contribution >= 4 is 11.7 Å². The van der Waals surface area contributed by atoms with Crippen molar-refractivity contribution in [3.63, 3.8) is 0 Å². The summed E-state index contributed by atoms with van der Waals surface area (Å²) in [5, 5.41) is 0. The number of carbonyl (C=O) groups is 1. The minimum Gasteiger partial charge on any atom is -0.422 e. The van der Waals surface area contributed by atoms with E-state index in [-0.39, 0.29) is 5.97 Å². The molecule has 0 radical (unpaired) electrons. The van der Waals surface area contributed by atoms with Crippen LogP contribution >= 0.6 is 0 Å². The Balaban J connectivity index is 2.44. The molecule has 0 bridgehead atoms. The van der Waals surface area contributed by atoms with Crippen LogP contribution in [0.1, 0.15) is 5.56 Å². The van der Waals surface area contributed by atoms with E-state index in [1.165, 1.54) is 0 Å². The van der Waals surface area contributed by atoms with Crippen molar-refractivity contribution in [2.45, 2.75) is 6.42 Å². The number of fused-ring (bicyclic) bond motifs is 1. The standard InChI is InChI=1S/C10H9NO2/c1-11-8-6-7-4-2-3-5-9(7)13-10(8)12/h2-5H,6H2,1H3. The van der Waals surface area contributed by atoms with Gasteiger partial charge in [0.15, 0.2) is 0 Å². The number of para-hydroxylation sites is 1. The Morgan fingerprint density at radius 2 is 2.15 bits per heavy atom. The maximum absolute atomic E-state index is 11.2. The van der Waals surface area contributed by atoms with Crippen molar-refractivity contribution in [1.29, 1.82) is 0 Å². The third kappa shape index (κ3) is 1.33. The van der Waals surface area contributed by atoms with Gasteiger partial charge in [-0.3, -0.25) is 4.99 Å². The maximum Gasteiger partial charge on any atom is 0.357 e. The lowest BCUT2D eigenvalue weighted by Crippen LogP contribution is -2.27. The minimum absolute atomic E-state index is 0.332. The van der Waals surface area contributed by atoms with Crippen LogP contribution in [0, 0.1) is 0 Å². The molecule has 1 aliphatic heterocycles. The molecule has 1 aromatic rings. The van der Waals surface area contributed by atoms with Crippen molar-refractivity contribution in [2.75, 3.05) is 7.05 Å². The lowest BCUT2D eigenvalue weighted by molar-refractivity contribution is -0.127. The number of benzene rings is 1. The molecule has 0 spiro atoms. The Hall–Kier alpha value is -1.64. The third-order valence-electron chi connectivity index (χ3n) is 2.04. The fourth-order valence-electron chi connectivity index (χ4n) is 1.33. The fourth-order valence-corrected chi connectivity index (χ4v) is 1.33. The molecule has 66 valence electrons. The van der Waals surface area contributed by atoms with Crippen LogP contribution in [-0.2, 0) is 11.2 Å². The summed E-state index contributed by atoms with van der Waals surface area (Å²) in [6.07, 6.45) is 0.575. The Kier molecular flexibility index (Phi) is 1.85. The highest BCUT2D eigenvalue weighted by molar-refractivity contribution is 6.38. The zero-order valence-corrected chi connectivity index (χ0v) is 7.28. The molecule has 0 amide bonds. The Morgan fingerprint density at radius 1 is 1.38 bits per heavy atom. The van der Waals surface area contributed by atoms with E-state index < -0.39 is 0 Å². The summed E-state index contributed by atoms with van der Waals surface area (Å²) < 4.78 is 5.07. The molecule has 1 aliphatic rings. The van der Waals surface area contributed by atoms with E-state index in [2.05, 4.69) is 4.99 Å². The van der Waals surface area contributed by atoms with Gasteiger partial charge in [-0.2, -0.15) is 0 Å². The maximum atomic E-state index is 11.2. The van der Waals surface area contributed by atoms with Crippen LogP contribution in [0.15, 0.2) is 29.3 Å². The van der Waals surface area contributed by atoms with Crippen LogP contribution in [0.25, 0.3) is 0 Å². The molecule has 3 nitrogen and oxygen atoms in total. The van der Waals surface area contributed by atoms with Crippen LogP contribution in [0.4, 0.5) is 0 Å². The molecule has 0 unspecified atom stereocenters. The molecule has 1 heterocycles. The van der Waals surface area contributed by atoms with E-state index in [9.17, 15) is 4.79 Å². The average Bonchev–Trinajstić information content (AvgIpc) is 2.17. The molecule has 0 aliphatic carbocycles. The Labute approximate surface area is 76.1 Å². The number of rotatable bonds is 0. The summed E-state index contributed by atoms with van der Waals surface area (Å²) in [5.74, 6) is 0.320. The largest absolute Gasteiger partial charge is 0.422 e. The number of carbonyl (C=O) groups excluding carboxylic acids is 1. The van der Waals surface area contributed by atoms with Gasteiger partial charge in [0.2, 0.25) is 0 Å². The van der Waals surface area contributed by atoms with Gasteiger partial charge in [0.1, 0.15) is 11.5 Å². The highest BCUT2D eigenvalue weighted by Crippen LogP contribution is 2.23. The van der Waals surface area contributed by atoms with Crippen LogP contribution in [-0.4, -0.2) is 18.7 Å². The lowest BCUT2D eigenvalue weighted by atomic mass is 10.1. The molecule has 0 fully saturated rings. The molecule has 0 atom stereocenters. The summed E-state index contributed by atoms with van der Waals surface area (Å²) >= 11 is 0. The van der Waals surface area contributed by atoms with Crippen LogP contribution < -0.4 is 4.74 Å². The monoisotopic (exact) mass is 175 g/mol. The van der Waals surface area contributed by atoms with E-state index in [0.29, 0.717) is 17.9 Å². The first-order valence-electron chi connectivity index (χ1n) is 4.07. The third-order valence-corrected chi connectivity index (χ3v) is 2.04. The van der Waals surface area contributed by atoms with Crippen LogP contribution in [0.5, 0.6) is 5.75 Å². The highest BCUT2D eigenvalue weighted by atomic mass is 16.5. The van der Waals surface area contributed by atoms with Gasteiger partial charge in [-0.1, -0.05) is 18.2 Å². The Morgan fingerprint density at radius 3 is 2.92 bits per heavy atom. The predicted molar refractivity (Wildman–Crippen MR) is 49.1 cm³/mol. The average molecular weight is 175 g/mol.